The molecule has 0 aliphatic carbocycles. The van der Waals surface area contributed by atoms with Gasteiger partial charge in [-0.05, 0) is 19.8 Å². The van der Waals surface area contributed by atoms with Gasteiger partial charge in [0.1, 0.15) is 0 Å². The molecule has 2 unspecified atom stereocenters. The molecule has 2 heterocycles. The summed E-state index contributed by atoms with van der Waals surface area (Å²) in [6, 6.07) is 0.936. The van der Waals surface area contributed by atoms with Crippen molar-refractivity contribution in [2.45, 2.75) is 50.9 Å². The highest BCUT2D eigenvalue weighted by Crippen LogP contribution is 2.26. The Kier molecular flexibility index (Phi) is 2.15. The largest absolute Gasteiger partial charge is 0.378 e. The van der Waals surface area contributed by atoms with Crippen LogP contribution in [0.25, 0.3) is 0 Å². The Morgan fingerprint density at radius 2 is 2.00 bits per heavy atom. The summed E-state index contributed by atoms with van der Waals surface area (Å²) in [6.45, 7) is 3.36. The van der Waals surface area contributed by atoms with Gasteiger partial charge in [-0.15, -0.1) is 0 Å². The van der Waals surface area contributed by atoms with Crippen LogP contribution in [0, 0.1) is 0 Å². The molecule has 2 aliphatic rings. The second-order valence-electron chi connectivity index (χ2n) is 4.74. The minimum atomic E-state index is -1.98. The van der Waals surface area contributed by atoms with Crippen LogP contribution in [0.1, 0.15) is 30.8 Å². The Morgan fingerprint density at radius 3 is 2.50 bits per heavy atom. The molecule has 3 nitrogen and oxygen atoms in total. The molecular formula is C11H22N2O. The highest BCUT2D eigenvalue weighted by Gasteiger charge is 2.36. The number of likely N-dealkylation sites (N-methyl/N-ethyl adjacent to an activating group) is 1. The van der Waals surface area contributed by atoms with Crippen molar-refractivity contribution in [3.63, 3.8) is 0 Å². The molecule has 2 rings (SSSR count). The van der Waals surface area contributed by atoms with Gasteiger partial charge in [0.05, 0.1) is 13.2 Å². The summed E-state index contributed by atoms with van der Waals surface area (Å²) >= 11 is 0. The van der Waals surface area contributed by atoms with Crippen LogP contribution in [0.3, 0.4) is 0 Å². The Hall–Kier alpha value is -0.120. The van der Waals surface area contributed by atoms with Crippen LogP contribution in [0.5, 0.6) is 0 Å². The zero-order valence-electron chi connectivity index (χ0n) is 12.0. The first kappa shape index (κ1) is 7.20. The van der Waals surface area contributed by atoms with Crippen LogP contribution in [-0.2, 0) is 4.74 Å². The lowest BCUT2D eigenvalue weighted by molar-refractivity contribution is -0.0685. The van der Waals surface area contributed by atoms with E-state index in [-0.39, 0.29) is 12.1 Å². The van der Waals surface area contributed by atoms with Crippen molar-refractivity contribution in [3.05, 3.63) is 0 Å². The molecule has 0 saturated carbocycles. The van der Waals surface area contributed by atoms with Crippen molar-refractivity contribution in [2.75, 3.05) is 20.2 Å². The molecule has 2 fully saturated rings. The number of nitrogens with zero attached hydrogens (tertiary/aromatic N) is 1. The number of hydrogen-bond acceptors (Lipinski definition) is 3. The highest BCUT2D eigenvalue weighted by atomic mass is 16.5. The lowest BCUT2D eigenvalue weighted by atomic mass is 9.90. The van der Waals surface area contributed by atoms with Crippen molar-refractivity contribution in [2.24, 2.45) is 0 Å². The van der Waals surface area contributed by atoms with E-state index in [9.17, 15) is 0 Å². The van der Waals surface area contributed by atoms with E-state index < -0.39 is 6.98 Å². The van der Waals surface area contributed by atoms with Crippen LogP contribution in [0.4, 0.5) is 0 Å². The minimum Gasteiger partial charge on any atom is -0.378 e. The van der Waals surface area contributed by atoms with Gasteiger partial charge in [0.25, 0.3) is 0 Å². The first-order chi connectivity index (χ1) is 7.88. The number of hydrogen-bond donors (Lipinski definition) is 1. The van der Waals surface area contributed by atoms with E-state index in [2.05, 4.69) is 19.2 Å². The fraction of sp³-hybridized carbons (Fsp3) is 1.00. The summed E-state index contributed by atoms with van der Waals surface area (Å²) in [4.78, 5) is 1.69. The van der Waals surface area contributed by atoms with E-state index in [1.165, 1.54) is 0 Å². The summed E-state index contributed by atoms with van der Waals surface area (Å²) in [5, 5.41) is 3.52. The molecule has 2 bridgehead atoms. The molecule has 0 aromatic rings. The topological polar surface area (TPSA) is 24.5 Å². The number of fused-ring (bicyclic) bond motifs is 2. The van der Waals surface area contributed by atoms with Crippen molar-refractivity contribution in [1.82, 2.24) is 10.2 Å². The molecule has 0 aromatic carbocycles. The molecule has 2 aliphatic heterocycles. The van der Waals surface area contributed by atoms with Crippen molar-refractivity contribution in [1.29, 1.82) is 0 Å². The van der Waals surface area contributed by atoms with E-state index in [0.29, 0.717) is 25.3 Å². The molecule has 0 radical (unpaired) electrons. The fourth-order valence-corrected chi connectivity index (χ4v) is 2.52. The molecule has 0 amide bonds. The van der Waals surface area contributed by atoms with E-state index >= 15 is 0 Å². The van der Waals surface area contributed by atoms with Crippen LogP contribution < -0.4 is 5.32 Å². The number of ether oxygens (including phenoxy) is 1. The Balaban J connectivity index is 2.06. The summed E-state index contributed by atoms with van der Waals surface area (Å²) in [7, 11) is 0. The van der Waals surface area contributed by atoms with Gasteiger partial charge in [0.2, 0.25) is 0 Å². The predicted octanol–water partition coefficient (Wildman–Crippen LogP) is 0.846. The molecule has 0 aromatic heterocycles. The third-order valence-corrected chi connectivity index (χ3v) is 3.09. The third-order valence-electron chi connectivity index (χ3n) is 3.09. The molecule has 0 spiro atoms. The zero-order valence-corrected chi connectivity index (χ0v) is 8.99. The number of rotatable bonds is 2. The number of nitrogens with one attached hydrogen (secondary N) is 1. The van der Waals surface area contributed by atoms with Gasteiger partial charge in [-0.2, -0.15) is 0 Å². The second-order valence-corrected chi connectivity index (χ2v) is 4.74. The van der Waals surface area contributed by atoms with Crippen molar-refractivity contribution in [3.8, 4) is 0 Å². The fourth-order valence-electron chi connectivity index (χ4n) is 2.52. The molecule has 82 valence electrons. The quantitative estimate of drug-likeness (QED) is 0.717. The van der Waals surface area contributed by atoms with E-state index in [0.717, 1.165) is 12.8 Å². The molecule has 2 atom stereocenters. The SMILES string of the molecule is [2H]C([2H])([2H])N1C2COCC1CC(NC(C)C)C2. The van der Waals surface area contributed by atoms with E-state index in [4.69, 9.17) is 8.85 Å². The molecular weight excluding hydrogens is 176 g/mol. The first-order valence-electron chi connectivity index (χ1n) is 7.00. The summed E-state index contributed by atoms with van der Waals surface area (Å²) in [6.07, 6.45) is 1.74. The van der Waals surface area contributed by atoms with Crippen molar-refractivity contribution < 1.29 is 8.85 Å². The third kappa shape index (κ3) is 2.10. The second kappa shape index (κ2) is 4.17. The average molecular weight is 201 g/mol. The van der Waals surface area contributed by atoms with Gasteiger partial charge in [0, 0.05) is 28.3 Å². The smallest absolute Gasteiger partial charge is 0.0623 e. The van der Waals surface area contributed by atoms with Gasteiger partial charge in [-0.25, -0.2) is 0 Å². The molecule has 3 heteroatoms. The van der Waals surface area contributed by atoms with Crippen molar-refractivity contribution >= 4 is 0 Å². The Bertz CT molecular complexity index is 256. The predicted molar refractivity (Wildman–Crippen MR) is 57.5 cm³/mol. The van der Waals surface area contributed by atoms with Gasteiger partial charge < -0.3 is 10.1 Å². The summed E-state index contributed by atoms with van der Waals surface area (Å²) in [5.74, 6) is 0. The lowest BCUT2D eigenvalue weighted by Gasteiger charge is -2.47. The van der Waals surface area contributed by atoms with Crippen LogP contribution in [-0.4, -0.2) is 49.3 Å². The monoisotopic (exact) mass is 201 g/mol. The van der Waals surface area contributed by atoms with Gasteiger partial charge in [-0.3, -0.25) is 4.90 Å². The zero-order chi connectivity index (χ0) is 12.6. The lowest BCUT2D eigenvalue weighted by Crippen LogP contribution is -2.59. The van der Waals surface area contributed by atoms with E-state index in [1.54, 1.807) is 4.90 Å². The minimum absolute atomic E-state index is 0.0336. The van der Waals surface area contributed by atoms with Gasteiger partial charge >= 0.3 is 0 Å². The Labute approximate surface area is 91.0 Å². The van der Waals surface area contributed by atoms with Crippen LogP contribution in [0.15, 0.2) is 0 Å². The summed E-state index contributed by atoms with van der Waals surface area (Å²) in [5.41, 5.74) is 0. The van der Waals surface area contributed by atoms with Crippen LogP contribution >= 0.6 is 0 Å². The average Bonchev–Trinajstić information content (AvgIpc) is 2.13. The maximum atomic E-state index is 7.62. The number of piperidine rings is 1. The highest BCUT2D eigenvalue weighted by molar-refractivity contribution is 4.93. The normalized spacial score (nSPS) is 43.1. The molecule has 2 saturated heterocycles. The standard InChI is InChI=1S/C11H22N2O/c1-8(2)12-9-4-10-6-14-7-11(5-9)13(10)3/h8-12H,4-7H2,1-3H3/i3D3. The van der Waals surface area contributed by atoms with Gasteiger partial charge in [-0.1, -0.05) is 13.8 Å². The molecule has 14 heavy (non-hydrogen) atoms. The molecule has 1 N–H and O–H groups in total. The van der Waals surface area contributed by atoms with Crippen LogP contribution in [0.2, 0.25) is 0 Å². The summed E-state index contributed by atoms with van der Waals surface area (Å²) < 4.78 is 28.3. The maximum Gasteiger partial charge on any atom is 0.0623 e. The number of morpholine rings is 1. The van der Waals surface area contributed by atoms with Gasteiger partial charge in [0.15, 0.2) is 0 Å². The van der Waals surface area contributed by atoms with E-state index in [1.807, 2.05) is 0 Å². The Morgan fingerprint density at radius 1 is 1.36 bits per heavy atom. The first-order valence-corrected chi connectivity index (χ1v) is 5.50. The maximum absolute atomic E-state index is 7.62.